The van der Waals surface area contributed by atoms with E-state index in [0.29, 0.717) is 22.7 Å². The monoisotopic (exact) mass is 507 g/mol. The molecule has 1 atom stereocenters. The quantitative estimate of drug-likeness (QED) is 0.151. The Morgan fingerprint density at radius 3 is 2.43 bits per heavy atom. The van der Waals surface area contributed by atoms with E-state index in [-0.39, 0.29) is 11.1 Å². The van der Waals surface area contributed by atoms with Crippen molar-refractivity contribution in [3.05, 3.63) is 52.2 Å². The van der Waals surface area contributed by atoms with Gasteiger partial charge in [0.2, 0.25) is 3.79 Å². The highest BCUT2D eigenvalue weighted by atomic mass is 35.6. The van der Waals surface area contributed by atoms with E-state index in [1.165, 1.54) is 11.3 Å². The van der Waals surface area contributed by atoms with E-state index in [1.807, 2.05) is 6.92 Å². The SMILES string of the molecule is CCCCOC(=O)c1ccc(NC(=S)NC(NC(=O)c2cccs2)C(Cl)(Cl)Cl)cc1. The van der Waals surface area contributed by atoms with Crippen molar-refractivity contribution < 1.29 is 14.3 Å². The van der Waals surface area contributed by atoms with Gasteiger partial charge in [0.05, 0.1) is 17.0 Å². The number of carbonyl (C=O) groups is 2. The zero-order valence-electron chi connectivity index (χ0n) is 15.9. The van der Waals surface area contributed by atoms with Gasteiger partial charge in [0.25, 0.3) is 5.91 Å². The van der Waals surface area contributed by atoms with Crippen molar-refractivity contribution in [1.29, 1.82) is 0 Å². The molecule has 1 unspecified atom stereocenters. The van der Waals surface area contributed by atoms with Gasteiger partial charge in [0, 0.05) is 5.69 Å². The van der Waals surface area contributed by atoms with E-state index >= 15 is 0 Å². The van der Waals surface area contributed by atoms with Gasteiger partial charge in [-0.05, 0) is 54.4 Å². The minimum Gasteiger partial charge on any atom is -0.462 e. The number of carbonyl (C=O) groups excluding carboxylic acids is 2. The van der Waals surface area contributed by atoms with Crippen LogP contribution in [0.4, 0.5) is 5.69 Å². The molecule has 0 spiro atoms. The summed E-state index contributed by atoms with van der Waals surface area (Å²) in [6, 6.07) is 9.96. The molecule has 0 bridgehead atoms. The second-order valence-electron chi connectivity index (χ2n) is 6.09. The van der Waals surface area contributed by atoms with Gasteiger partial charge in [0.15, 0.2) is 5.11 Å². The summed E-state index contributed by atoms with van der Waals surface area (Å²) in [6.45, 7) is 2.41. The van der Waals surface area contributed by atoms with Crippen LogP contribution in [0, 0.1) is 0 Å². The third-order valence-corrected chi connectivity index (χ3v) is 5.48. The van der Waals surface area contributed by atoms with Crippen molar-refractivity contribution in [2.24, 2.45) is 0 Å². The molecule has 6 nitrogen and oxygen atoms in total. The fraction of sp³-hybridized carbons (Fsp3) is 0.316. The molecule has 2 aromatic rings. The highest BCUT2D eigenvalue weighted by Gasteiger charge is 2.35. The number of benzene rings is 1. The summed E-state index contributed by atoms with van der Waals surface area (Å²) in [5, 5.41) is 10.2. The number of anilines is 1. The Balaban J connectivity index is 1.94. The summed E-state index contributed by atoms with van der Waals surface area (Å²) < 4.78 is 3.31. The van der Waals surface area contributed by atoms with Crippen molar-refractivity contribution >= 4 is 81.0 Å². The topological polar surface area (TPSA) is 79.5 Å². The van der Waals surface area contributed by atoms with Crippen molar-refractivity contribution in [2.45, 2.75) is 29.7 Å². The smallest absolute Gasteiger partial charge is 0.338 e. The van der Waals surface area contributed by atoms with Gasteiger partial charge in [-0.2, -0.15) is 0 Å². The van der Waals surface area contributed by atoms with Crippen molar-refractivity contribution in [3.63, 3.8) is 0 Å². The standard InChI is InChI=1S/C19H20Cl3N3O3S2/c1-2-3-10-28-16(27)12-6-8-13(9-7-12)23-18(29)25-17(19(20,21)22)24-15(26)14-5-4-11-30-14/h4-9,11,17H,2-3,10H2,1H3,(H,24,26)(H2,23,25,29). The number of alkyl halides is 3. The molecule has 0 radical (unpaired) electrons. The largest absolute Gasteiger partial charge is 0.462 e. The van der Waals surface area contributed by atoms with E-state index in [4.69, 9.17) is 51.8 Å². The van der Waals surface area contributed by atoms with Crippen LogP contribution >= 0.6 is 58.4 Å². The maximum atomic E-state index is 12.3. The summed E-state index contributed by atoms with van der Waals surface area (Å²) in [7, 11) is 0. The zero-order valence-corrected chi connectivity index (χ0v) is 19.8. The lowest BCUT2D eigenvalue weighted by atomic mass is 10.2. The zero-order chi connectivity index (χ0) is 22.1. The minimum atomic E-state index is -1.86. The molecule has 0 saturated carbocycles. The summed E-state index contributed by atoms with van der Waals surface area (Å²) in [4.78, 5) is 24.7. The van der Waals surface area contributed by atoms with E-state index in [0.717, 1.165) is 12.8 Å². The van der Waals surface area contributed by atoms with Crippen LogP contribution in [0.5, 0.6) is 0 Å². The molecule has 1 heterocycles. The number of halogens is 3. The Morgan fingerprint density at radius 1 is 1.17 bits per heavy atom. The molecule has 1 aromatic heterocycles. The number of thiophene rings is 1. The Morgan fingerprint density at radius 2 is 1.87 bits per heavy atom. The Bertz CT molecular complexity index is 856. The Labute approximate surface area is 199 Å². The molecular weight excluding hydrogens is 489 g/mol. The van der Waals surface area contributed by atoms with Crippen LogP contribution < -0.4 is 16.0 Å². The Hall–Kier alpha value is -1.58. The number of hydrogen-bond donors (Lipinski definition) is 3. The number of thiocarbonyl (C=S) groups is 1. The van der Waals surface area contributed by atoms with Gasteiger partial charge < -0.3 is 20.7 Å². The van der Waals surface area contributed by atoms with Crippen molar-refractivity contribution in [2.75, 3.05) is 11.9 Å². The molecule has 0 saturated heterocycles. The fourth-order valence-electron chi connectivity index (χ4n) is 2.19. The normalized spacial score (nSPS) is 12.0. The highest BCUT2D eigenvalue weighted by molar-refractivity contribution is 7.80. The van der Waals surface area contributed by atoms with Crippen LogP contribution in [-0.4, -0.2) is 33.6 Å². The molecule has 0 aliphatic carbocycles. The van der Waals surface area contributed by atoms with Crippen LogP contribution in [0.25, 0.3) is 0 Å². The Kier molecular flexibility index (Phi) is 9.64. The molecule has 0 aliphatic heterocycles. The van der Waals surface area contributed by atoms with Crippen LogP contribution in [0.2, 0.25) is 0 Å². The first kappa shape index (κ1) is 24.7. The van der Waals surface area contributed by atoms with Gasteiger partial charge in [-0.3, -0.25) is 4.79 Å². The van der Waals surface area contributed by atoms with Gasteiger partial charge >= 0.3 is 5.97 Å². The molecule has 3 N–H and O–H groups in total. The molecule has 11 heteroatoms. The van der Waals surface area contributed by atoms with E-state index in [9.17, 15) is 9.59 Å². The summed E-state index contributed by atoms with van der Waals surface area (Å²) in [5.41, 5.74) is 1.03. The fourth-order valence-corrected chi connectivity index (χ4v) is 3.38. The maximum absolute atomic E-state index is 12.3. The minimum absolute atomic E-state index is 0.121. The highest BCUT2D eigenvalue weighted by Crippen LogP contribution is 2.29. The van der Waals surface area contributed by atoms with Gasteiger partial charge in [-0.1, -0.05) is 54.2 Å². The van der Waals surface area contributed by atoms with Gasteiger partial charge in [0.1, 0.15) is 6.17 Å². The third kappa shape index (κ3) is 7.92. The summed E-state index contributed by atoms with van der Waals surface area (Å²) in [6.07, 6.45) is 0.687. The molecule has 1 amide bonds. The molecule has 2 rings (SSSR count). The molecule has 1 aromatic carbocycles. The summed E-state index contributed by atoms with van der Waals surface area (Å²) >= 11 is 24.4. The third-order valence-electron chi connectivity index (χ3n) is 3.73. The average Bonchev–Trinajstić information content (AvgIpc) is 3.22. The van der Waals surface area contributed by atoms with Crippen LogP contribution in [-0.2, 0) is 4.74 Å². The predicted molar refractivity (Wildman–Crippen MR) is 127 cm³/mol. The van der Waals surface area contributed by atoms with Crippen molar-refractivity contribution in [3.8, 4) is 0 Å². The van der Waals surface area contributed by atoms with E-state index in [1.54, 1.807) is 41.8 Å². The van der Waals surface area contributed by atoms with Crippen LogP contribution in [0.15, 0.2) is 41.8 Å². The number of unbranched alkanes of at least 4 members (excludes halogenated alkanes) is 1. The lowest BCUT2D eigenvalue weighted by Gasteiger charge is -2.27. The van der Waals surface area contributed by atoms with E-state index in [2.05, 4.69) is 16.0 Å². The van der Waals surface area contributed by atoms with Gasteiger partial charge in [-0.25, -0.2) is 4.79 Å². The predicted octanol–water partition coefficient (Wildman–Crippen LogP) is 5.12. The first-order chi connectivity index (χ1) is 14.2. The van der Waals surface area contributed by atoms with Crippen molar-refractivity contribution in [1.82, 2.24) is 10.6 Å². The number of rotatable bonds is 8. The maximum Gasteiger partial charge on any atom is 0.338 e. The number of hydrogen-bond acceptors (Lipinski definition) is 5. The van der Waals surface area contributed by atoms with Gasteiger partial charge in [-0.15, -0.1) is 11.3 Å². The average molecular weight is 509 g/mol. The number of esters is 1. The van der Waals surface area contributed by atoms with Crippen LogP contribution in [0.3, 0.4) is 0 Å². The lowest BCUT2D eigenvalue weighted by Crippen LogP contribution is -2.56. The number of ether oxygens (including phenoxy) is 1. The number of nitrogens with one attached hydrogen (secondary N) is 3. The molecule has 162 valence electrons. The first-order valence-electron chi connectivity index (χ1n) is 8.96. The molecule has 0 fully saturated rings. The number of amides is 1. The molecule has 30 heavy (non-hydrogen) atoms. The second-order valence-corrected chi connectivity index (χ2v) is 9.82. The first-order valence-corrected chi connectivity index (χ1v) is 11.4. The van der Waals surface area contributed by atoms with E-state index < -0.39 is 15.9 Å². The lowest BCUT2D eigenvalue weighted by molar-refractivity contribution is 0.0499. The summed E-state index contributed by atoms with van der Waals surface area (Å²) in [5.74, 6) is -0.786. The molecular formula is C19H20Cl3N3O3S2. The van der Waals surface area contributed by atoms with Crippen LogP contribution in [0.1, 0.15) is 39.8 Å². The second kappa shape index (κ2) is 11.7. The molecule has 0 aliphatic rings.